The number of pyridine rings is 1. The predicted molar refractivity (Wildman–Crippen MR) is 78.8 cm³/mol. The van der Waals surface area contributed by atoms with Crippen molar-refractivity contribution in [3.8, 4) is 11.5 Å². The molecule has 0 radical (unpaired) electrons. The average Bonchev–Trinajstić information content (AvgIpc) is 2.46. The van der Waals surface area contributed by atoms with E-state index in [0.29, 0.717) is 6.54 Å². The first-order valence-corrected chi connectivity index (χ1v) is 6.32. The summed E-state index contributed by atoms with van der Waals surface area (Å²) in [6.07, 6.45) is 1.76. The number of phenolic OH excluding ortho intramolecular Hbond substituents is 2. The molecule has 1 heterocycles. The van der Waals surface area contributed by atoms with E-state index in [4.69, 9.17) is 0 Å². The van der Waals surface area contributed by atoms with Crippen LogP contribution in [0.3, 0.4) is 0 Å². The van der Waals surface area contributed by atoms with Crippen LogP contribution in [0.2, 0.25) is 0 Å². The number of aromatic hydroxyl groups is 2. The van der Waals surface area contributed by atoms with Crippen LogP contribution in [0.15, 0.2) is 54.7 Å². The molecule has 0 spiro atoms. The van der Waals surface area contributed by atoms with Crippen molar-refractivity contribution >= 4 is 16.6 Å². The Balaban J connectivity index is 1.87. The molecular weight excluding hydrogens is 252 g/mol. The summed E-state index contributed by atoms with van der Waals surface area (Å²) in [4.78, 5) is 4.30. The van der Waals surface area contributed by atoms with E-state index < -0.39 is 0 Å². The molecule has 0 aliphatic carbocycles. The van der Waals surface area contributed by atoms with E-state index in [9.17, 15) is 10.2 Å². The van der Waals surface area contributed by atoms with Crippen LogP contribution in [0, 0.1) is 0 Å². The predicted octanol–water partition coefficient (Wildman–Crippen LogP) is 3.26. The zero-order valence-electron chi connectivity index (χ0n) is 10.7. The molecule has 0 atom stereocenters. The molecule has 20 heavy (non-hydrogen) atoms. The molecule has 0 amide bonds. The number of aromatic nitrogens is 1. The van der Waals surface area contributed by atoms with Gasteiger partial charge in [0, 0.05) is 35.4 Å². The highest BCUT2D eigenvalue weighted by atomic mass is 16.3. The molecule has 3 N–H and O–H groups in total. The van der Waals surface area contributed by atoms with E-state index in [1.807, 2.05) is 30.3 Å². The molecular formula is C16H14N2O2. The first-order valence-electron chi connectivity index (χ1n) is 6.32. The minimum Gasteiger partial charge on any atom is -0.508 e. The summed E-state index contributed by atoms with van der Waals surface area (Å²) in [5.41, 5.74) is 2.61. The highest BCUT2D eigenvalue weighted by molar-refractivity contribution is 5.91. The molecule has 0 aliphatic rings. The number of hydrogen-bond donors (Lipinski definition) is 3. The van der Waals surface area contributed by atoms with Crippen molar-refractivity contribution in [1.29, 1.82) is 0 Å². The van der Waals surface area contributed by atoms with Crippen molar-refractivity contribution in [2.24, 2.45) is 0 Å². The number of nitrogens with zero attached hydrogens (tertiary/aromatic N) is 1. The summed E-state index contributed by atoms with van der Waals surface area (Å²) in [6, 6.07) is 14.4. The van der Waals surface area contributed by atoms with Gasteiger partial charge in [0.2, 0.25) is 0 Å². The molecule has 0 unspecified atom stereocenters. The Morgan fingerprint density at radius 2 is 1.90 bits per heavy atom. The highest BCUT2D eigenvalue weighted by Gasteiger charge is 2.04. The topological polar surface area (TPSA) is 65.4 Å². The Bertz CT molecular complexity index is 751. The van der Waals surface area contributed by atoms with Gasteiger partial charge in [-0.1, -0.05) is 6.07 Å². The minimum atomic E-state index is 0.0561. The van der Waals surface area contributed by atoms with Gasteiger partial charge in [0.15, 0.2) is 0 Å². The summed E-state index contributed by atoms with van der Waals surface area (Å²) in [5.74, 6) is 0.136. The van der Waals surface area contributed by atoms with Crippen LogP contribution in [-0.2, 0) is 6.54 Å². The summed E-state index contributed by atoms with van der Waals surface area (Å²) in [6.45, 7) is 0.472. The molecule has 0 saturated heterocycles. The van der Waals surface area contributed by atoms with E-state index in [1.54, 1.807) is 18.3 Å². The molecule has 1 aromatic heterocycles. The van der Waals surface area contributed by atoms with Gasteiger partial charge in [-0.15, -0.1) is 0 Å². The fourth-order valence-electron chi connectivity index (χ4n) is 2.15. The third kappa shape index (κ3) is 2.36. The second-order valence-electron chi connectivity index (χ2n) is 4.54. The first-order chi connectivity index (χ1) is 9.74. The number of hydrogen-bond acceptors (Lipinski definition) is 4. The lowest BCUT2D eigenvalue weighted by molar-refractivity contribution is 0.446. The molecule has 4 heteroatoms. The van der Waals surface area contributed by atoms with Gasteiger partial charge in [-0.25, -0.2) is 0 Å². The maximum atomic E-state index is 9.77. The number of nitrogens with one attached hydrogen (secondary N) is 1. The van der Waals surface area contributed by atoms with Crippen molar-refractivity contribution in [2.45, 2.75) is 6.54 Å². The van der Waals surface area contributed by atoms with Crippen molar-refractivity contribution in [3.05, 3.63) is 60.3 Å². The van der Waals surface area contributed by atoms with Crippen LogP contribution in [0.4, 0.5) is 5.69 Å². The summed E-state index contributed by atoms with van der Waals surface area (Å²) in [5, 5.41) is 23.4. The first kappa shape index (κ1) is 12.3. The second-order valence-corrected chi connectivity index (χ2v) is 4.54. The molecule has 0 saturated carbocycles. The van der Waals surface area contributed by atoms with Gasteiger partial charge >= 0.3 is 0 Å². The molecule has 3 aromatic rings. The lowest BCUT2D eigenvalue weighted by Crippen LogP contribution is -2.00. The average molecular weight is 266 g/mol. The third-order valence-corrected chi connectivity index (χ3v) is 3.18. The van der Waals surface area contributed by atoms with Gasteiger partial charge in [0.1, 0.15) is 11.5 Å². The van der Waals surface area contributed by atoms with Crippen LogP contribution in [0.5, 0.6) is 11.5 Å². The van der Waals surface area contributed by atoms with Gasteiger partial charge in [0.25, 0.3) is 0 Å². The largest absolute Gasteiger partial charge is 0.508 e. The van der Waals surface area contributed by atoms with Gasteiger partial charge < -0.3 is 15.5 Å². The smallest absolute Gasteiger partial charge is 0.124 e. The minimum absolute atomic E-state index is 0.0561. The quantitative estimate of drug-likeness (QED) is 0.680. The summed E-state index contributed by atoms with van der Waals surface area (Å²) >= 11 is 0. The van der Waals surface area contributed by atoms with Gasteiger partial charge in [0.05, 0.1) is 5.52 Å². The van der Waals surface area contributed by atoms with Crippen LogP contribution in [0.25, 0.3) is 10.9 Å². The molecule has 0 bridgehead atoms. The summed E-state index contributed by atoms with van der Waals surface area (Å²) in [7, 11) is 0. The Hall–Kier alpha value is -2.75. The van der Waals surface area contributed by atoms with Crippen LogP contribution in [0.1, 0.15) is 5.56 Å². The number of benzene rings is 2. The van der Waals surface area contributed by atoms with Crippen molar-refractivity contribution in [1.82, 2.24) is 4.98 Å². The van der Waals surface area contributed by atoms with Crippen molar-refractivity contribution < 1.29 is 10.2 Å². The van der Waals surface area contributed by atoms with E-state index in [1.165, 1.54) is 6.07 Å². The van der Waals surface area contributed by atoms with Crippen LogP contribution in [-0.4, -0.2) is 15.2 Å². The highest BCUT2D eigenvalue weighted by Crippen LogP contribution is 2.25. The number of fused-ring (bicyclic) bond motifs is 1. The molecule has 0 fully saturated rings. The van der Waals surface area contributed by atoms with E-state index in [0.717, 1.165) is 22.2 Å². The van der Waals surface area contributed by atoms with E-state index >= 15 is 0 Å². The van der Waals surface area contributed by atoms with Gasteiger partial charge in [-0.3, -0.25) is 4.98 Å². The fourth-order valence-corrected chi connectivity index (χ4v) is 2.15. The number of phenols is 2. The molecule has 100 valence electrons. The maximum absolute atomic E-state index is 9.77. The van der Waals surface area contributed by atoms with Gasteiger partial charge in [-0.2, -0.15) is 0 Å². The lowest BCUT2D eigenvalue weighted by Gasteiger charge is -2.10. The van der Waals surface area contributed by atoms with E-state index in [2.05, 4.69) is 10.3 Å². The number of anilines is 1. The lowest BCUT2D eigenvalue weighted by atomic mass is 10.1. The monoisotopic (exact) mass is 266 g/mol. The van der Waals surface area contributed by atoms with Crippen molar-refractivity contribution in [3.63, 3.8) is 0 Å². The fraction of sp³-hybridized carbons (Fsp3) is 0.0625. The van der Waals surface area contributed by atoms with Crippen LogP contribution < -0.4 is 5.32 Å². The van der Waals surface area contributed by atoms with Crippen LogP contribution >= 0.6 is 0 Å². The molecule has 2 aromatic carbocycles. The van der Waals surface area contributed by atoms with Crippen molar-refractivity contribution in [2.75, 3.05) is 5.32 Å². The zero-order chi connectivity index (χ0) is 13.9. The summed E-state index contributed by atoms with van der Waals surface area (Å²) < 4.78 is 0. The molecule has 3 rings (SSSR count). The SMILES string of the molecule is Oc1ccc(CNc2cccc3ncccc23)c(O)c1. The molecule has 0 aliphatic heterocycles. The Kier molecular flexibility index (Phi) is 3.13. The zero-order valence-corrected chi connectivity index (χ0v) is 10.7. The maximum Gasteiger partial charge on any atom is 0.124 e. The molecule has 4 nitrogen and oxygen atoms in total. The van der Waals surface area contributed by atoms with E-state index in [-0.39, 0.29) is 11.5 Å². The Labute approximate surface area is 116 Å². The normalized spacial score (nSPS) is 10.6. The third-order valence-electron chi connectivity index (χ3n) is 3.18. The number of rotatable bonds is 3. The Morgan fingerprint density at radius 3 is 2.75 bits per heavy atom. The second kappa shape index (κ2) is 5.09. The standard InChI is InChI=1S/C16H14N2O2/c19-12-7-6-11(16(20)9-12)10-18-15-5-1-4-14-13(15)3-2-8-17-14/h1-9,18-20H,10H2. The van der Waals surface area contributed by atoms with Gasteiger partial charge in [-0.05, 0) is 36.4 Å². The Morgan fingerprint density at radius 1 is 1.00 bits per heavy atom.